The van der Waals surface area contributed by atoms with Crippen molar-refractivity contribution < 1.29 is 0 Å². The molecular formula is C13H29N. The summed E-state index contributed by atoms with van der Waals surface area (Å²) in [6.45, 7) is 16.4. The molecule has 0 aliphatic heterocycles. The molecule has 0 amide bonds. The average Bonchev–Trinajstić information content (AvgIpc) is 2.01. The standard InChI is InChI=1S/C13H29N/c1-8-12(3,4)10-13(5,6)11-14(7)9-2/h8-11H2,1-7H3. The molecule has 0 unspecified atom stereocenters. The first-order chi connectivity index (χ1) is 6.22. The summed E-state index contributed by atoms with van der Waals surface area (Å²) in [4.78, 5) is 2.41. The third-order valence-electron chi connectivity index (χ3n) is 3.15. The smallest absolute Gasteiger partial charge is 0.00297 e. The second kappa shape index (κ2) is 5.16. The molecule has 86 valence electrons. The molecule has 0 aromatic carbocycles. The van der Waals surface area contributed by atoms with Crippen LogP contribution >= 0.6 is 0 Å². The van der Waals surface area contributed by atoms with Gasteiger partial charge in [0.05, 0.1) is 0 Å². The van der Waals surface area contributed by atoms with Gasteiger partial charge in [-0.25, -0.2) is 0 Å². The zero-order valence-electron chi connectivity index (χ0n) is 11.3. The molecule has 0 aromatic heterocycles. The van der Waals surface area contributed by atoms with Crippen LogP contribution in [0.25, 0.3) is 0 Å². The Balaban J connectivity index is 4.19. The first kappa shape index (κ1) is 14.0. The van der Waals surface area contributed by atoms with Crippen molar-refractivity contribution in [2.45, 2.75) is 54.4 Å². The fourth-order valence-electron chi connectivity index (χ4n) is 2.32. The van der Waals surface area contributed by atoms with E-state index >= 15 is 0 Å². The third kappa shape index (κ3) is 5.64. The third-order valence-corrected chi connectivity index (χ3v) is 3.15. The molecule has 0 heterocycles. The van der Waals surface area contributed by atoms with Gasteiger partial charge < -0.3 is 4.90 Å². The van der Waals surface area contributed by atoms with Crippen molar-refractivity contribution in [3.63, 3.8) is 0 Å². The van der Waals surface area contributed by atoms with Gasteiger partial charge >= 0.3 is 0 Å². The van der Waals surface area contributed by atoms with Crippen molar-refractivity contribution in [3.05, 3.63) is 0 Å². The molecule has 0 atom stereocenters. The maximum Gasteiger partial charge on any atom is 0.00297 e. The molecule has 1 nitrogen and oxygen atoms in total. The van der Waals surface area contributed by atoms with Gasteiger partial charge in [0.15, 0.2) is 0 Å². The quantitative estimate of drug-likeness (QED) is 0.629. The number of rotatable bonds is 6. The molecule has 0 rings (SSSR count). The van der Waals surface area contributed by atoms with Crippen molar-refractivity contribution in [2.75, 3.05) is 20.1 Å². The summed E-state index contributed by atoms with van der Waals surface area (Å²) >= 11 is 0. The normalized spacial score (nSPS) is 13.7. The van der Waals surface area contributed by atoms with Crippen molar-refractivity contribution in [1.82, 2.24) is 4.90 Å². The van der Waals surface area contributed by atoms with E-state index in [2.05, 4.69) is 53.5 Å². The monoisotopic (exact) mass is 199 g/mol. The van der Waals surface area contributed by atoms with Gasteiger partial charge in [0, 0.05) is 6.54 Å². The second-order valence-electron chi connectivity index (χ2n) is 6.19. The summed E-state index contributed by atoms with van der Waals surface area (Å²) in [6, 6.07) is 0. The minimum Gasteiger partial charge on any atom is -0.306 e. The number of hydrogen-bond acceptors (Lipinski definition) is 1. The number of hydrogen-bond donors (Lipinski definition) is 0. The predicted octanol–water partition coefficient (Wildman–Crippen LogP) is 3.79. The zero-order chi connectivity index (χ0) is 11.4. The van der Waals surface area contributed by atoms with Crippen LogP contribution in [0.4, 0.5) is 0 Å². The van der Waals surface area contributed by atoms with Crippen LogP contribution in [-0.2, 0) is 0 Å². The van der Waals surface area contributed by atoms with Gasteiger partial charge in [-0.15, -0.1) is 0 Å². The lowest BCUT2D eigenvalue weighted by atomic mass is 9.73. The van der Waals surface area contributed by atoms with Gasteiger partial charge in [0.2, 0.25) is 0 Å². The fourth-order valence-corrected chi connectivity index (χ4v) is 2.32. The van der Waals surface area contributed by atoms with Crippen molar-refractivity contribution in [3.8, 4) is 0 Å². The highest BCUT2D eigenvalue weighted by atomic mass is 15.1. The van der Waals surface area contributed by atoms with Gasteiger partial charge in [0.1, 0.15) is 0 Å². The van der Waals surface area contributed by atoms with Crippen LogP contribution in [0.15, 0.2) is 0 Å². The topological polar surface area (TPSA) is 3.24 Å². The molecule has 1 heteroatoms. The van der Waals surface area contributed by atoms with E-state index in [1.807, 2.05) is 0 Å². The average molecular weight is 199 g/mol. The minimum absolute atomic E-state index is 0.435. The summed E-state index contributed by atoms with van der Waals surface area (Å²) in [6.07, 6.45) is 2.58. The highest BCUT2D eigenvalue weighted by molar-refractivity contribution is 4.80. The highest BCUT2D eigenvalue weighted by Crippen LogP contribution is 2.36. The molecule has 0 aliphatic carbocycles. The van der Waals surface area contributed by atoms with Gasteiger partial charge in [-0.3, -0.25) is 0 Å². The van der Waals surface area contributed by atoms with E-state index in [0.29, 0.717) is 10.8 Å². The van der Waals surface area contributed by atoms with Crippen molar-refractivity contribution in [2.24, 2.45) is 10.8 Å². The van der Waals surface area contributed by atoms with Crippen LogP contribution in [-0.4, -0.2) is 25.0 Å². The van der Waals surface area contributed by atoms with Gasteiger partial charge in [-0.1, -0.05) is 48.0 Å². The molecule has 14 heavy (non-hydrogen) atoms. The zero-order valence-corrected chi connectivity index (χ0v) is 11.3. The Morgan fingerprint density at radius 3 is 1.79 bits per heavy atom. The van der Waals surface area contributed by atoms with Crippen molar-refractivity contribution >= 4 is 0 Å². The summed E-state index contributed by atoms with van der Waals surface area (Å²) in [5.74, 6) is 0. The molecule has 0 radical (unpaired) electrons. The van der Waals surface area contributed by atoms with E-state index in [1.54, 1.807) is 0 Å². The van der Waals surface area contributed by atoms with Crippen LogP contribution in [0.1, 0.15) is 54.4 Å². The van der Waals surface area contributed by atoms with Crippen LogP contribution < -0.4 is 0 Å². The summed E-state index contributed by atoms with van der Waals surface area (Å²) in [5.41, 5.74) is 0.919. The maximum absolute atomic E-state index is 2.41. The predicted molar refractivity (Wildman–Crippen MR) is 65.6 cm³/mol. The van der Waals surface area contributed by atoms with Crippen LogP contribution in [0.2, 0.25) is 0 Å². The van der Waals surface area contributed by atoms with Crippen LogP contribution in [0, 0.1) is 10.8 Å². The molecule has 0 fully saturated rings. The maximum atomic E-state index is 2.41. The Bertz CT molecular complexity index is 159. The van der Waals surface area contributed by atoms with Crippen LogP contribution in [0.5, 0.6) is 0 Å². The van der Waals surface area contributed by atoms with E-state index in [1.165, 1.54) is 19.4 Å². The lowest BCUT2D eigenvalue weighted by molar-refractivity contribution is 0.137. The summed E-state index contributed by atoms with van der Waals surface area (Å²) in [7, 11) is 2.21. The van der Waals surface area contributed by atoms with Gasteiger partial charge in [-0.2, -0.15) is 0 Å². The molecule has 0 bridgehead atoms. The van der Waals surface area contributed by atoms with E-state index in [9.17, 15) is 0 Å². The lowest BCUT2D eigenvalue weighted by Gasteiger charge is -2.36. The minimum atomic E-state index is 0.435. The Kier molecular flexibility index (Phi) is 5.14. The van der Waals surface area contributed by atoms with Crippen molar-refractivity contribution in [1.29, 1.82) is 0 Å². The van der Waals surface area contributed by atoms with Gasteiger partial charge in [0.25, 0.3) is 0 Å². The van der Waals surface area contributed by atoms with E-state index in [0.717, 1.165) is 6.54 Å². The Morgan fingerprint density at radius 1 is 0.929 bits per heavy atom. The lowest BCUT2D eigenvalue weighted by Crippen LogP contribution is -2.34. The molecule has 0 saturated heterocycles. The molecule has 0 spiro atoms. The number of nitrogens with zero attached hydrogens (tertiary/aromatic N) is 1. The first-order valence-electron chi connectivity index (χ1n) is 5.91. The summed E-state index contributed by atoms with van der Waals surface area (Å²) < 4.78 is 0. The Hall–Kier alpha value is -0.0400. The van der Waals surface area contributed by atoms with E-state index in [-0.39, 0.29) is 0 Å². The molecule has 0 N–H and O–H groups in total. The second-order valence-corrected chi connectivity index (χ2v) is 6.19. The SMILES string of the molecule is CCN(C)CC(C)(C)CC(C)(C)CC. The molecule has 0 saturated carbocycles. The highest BCUT2D eigenvalue weighted by Gasteiger charge is 2.28. The van der Waals surface area contributed by atoms with Crippen LogP contribution in [0.3, 0.4) is 0 Å². The molecule has 0 aliphatic rings. The Labute approximate surface area is 90.9 Å². The van der Waals surface area contributed by atoms with E-state index in [4.69, 9.17) is 0 Å². The largest absolute Gasteiger partial charge is 0.306 e. The van der Waals surface area contributed by atoms with Gasteiger partial charge in [-0.05, 0) is 30.8 Å². The Morgan fingerprint density at radius 2 is 1.43 bits per heavy atom. The summed E-state index contributed by atoms with van der Waals surface area (Å²) in [5, 5.41) is 0. The fraction of sp³-hybridized carbons (Fsp3) is 1.00. The molecule has 0 aromatic rings. The molecular weight excluding hydrogens is 170 g/mol. The first-order valence-corrected chi connectivity index (χ1v) is 5.91. The van der Waals surface area contributed by atoms with E-state index < -0.39 is 0 Å².